The number of carbonyl (C=O) groups excluding carboxylic acids is 2. The van der Waals surface area contributed by atoms with Crippen LogP contribution in [0.3, 0.4) is 0 Å². The van der Waals surface area contributed by atoms with Crippen LogP contribution in [0.25, 0.3) is 0 Å². The summed E-state index contributed by atoms with van der Waals surface area (Å²) in [6, 6.07) is -1.04. The lowest BCUT2D eigenvalue weighted by molar-refractivity contribution is -0.150. The molecule has 34 heavy (non-hydrogen) atoms. The predicted molar refractivity (Wildman–Crippen MR) is 123 cm³/mol. The largest absolute Gasteiger partial charge is 0.481 e. The first-order valence-electron chi connectivity index (χ1n) is 10.7. The van der Waals surface area contributed by atoms with Crippen LogP contribution in [0.1, 0.15) is 33.6 Å². The smallest absolute Gasteiger partial charge is 0.408 e. The SMILES string of the molecule is CSCCC(NC(=O)OC(C)(C)C)C(=O)N[C@@]1(C(=O)O)C[C@@H](Sc2cn[nH]n2)[C@H]2[C@H](C(=O)O)[C@H]21. The van der Waals surface area contributed by atoms with Crippen molar-refractivity contribution in [2.45, 2.75) is 61.1 Å². The summed E-state index contributed by atoms with van der Waals surface area (Å²) in [5.41, 5.74) is -2.56. The van der Waals surface area contributed by atoms with Gasteiger partial charge in [0.25, 0.3) is 0 Å². The van der Waals surface area contributed by atoms with Gasteiger partial charge in [0, 0.05) is 11.2 Å². The van der Waals surface area contributed by atoms with Crippen LogP contribution < -0.4 is 10.6 Å². The van der Waals surface area contributed by atoms with Crippen molar-refractivity contribution in [3.05, 3.63) is 6.20 Å². The molecular weight excluding hydrogens is 486 g/mol. The molecule has 2 aliphatic carbocycles. The number of aromatic nitrogens is 3. The van der Waals surface area contributed by atoms with Gasteiger partial charge in [0.1, 0.15) is 22.2 Å². The second kappa shape index (κ2) is 10.0. The van der Waals surface area contributed by atoms with Crippen molar-refractivity contribution in [2.24, 2.45) is 17.8 Å². The van der Waals surface area contributed by atoms with Gasteiger partial charge in [0.05, 0.1) is 12.1 Å². The molecule has 0 saturated heterocycles. The highest BCUT2D eigenvalue weighted by molar-refractivity contribution is 7.99. The number of H-pyrrole nitrogens is 1. The Morgan fingerprint density at radius 2 is 2.03 bits per heavy atom. The Kier molecular flexibility index (Phi) is 7.70. The molecule has 1 aromatic rings. The summed E-state index contributed by atoms with van der Waals surface area (Å²) in [6.07, 6.45) is 2.79. The zero-order valence-corrected chi connectivity index (χ0v) is 20.9. The van der Waals surface area contributed by atoms with Crippen molar-refractivity contribution in [2.75, 3.05) is 12.0 Å². The van der Waals surface area contributed by atoms with E-state index in [2.05, 4.69) is 26.0 Å². The minimum Gasteiger partial charge on any atom is -0.481 e. The Labute approximate surface area is 204 Å². The zero-order valence-electron chi connectivity index (χ0n) is 19.2. The summed E-state index contributed by atoms with van der Waals surface area (Å²) in [6.45, 7) is 5.06. The lowest BCUT2D eigenvalue weighted by Gasteiger charge is -2.32. The molecule has 5 N–H and O–H groups in total. The number of carboxylic acids is 2. The first kappa shape index (κ1) is 26.1. The first-order chi connectivity index (χ1) is 15.9. The second-order valence-corrected chi connectivity index (χ2v) is 11.6. The molecule has 12 nitrogen and oxygen atoms in total. The molecule has 6 atom stereocenters. The Hall–Kier alpha value is -2.48. The van der Waals surface area contributed by atoms with Gasteiger partial charge in [0.15, 0.2) is 0 Å². The van der Waals surface area contributed by atoms with Crippen LogP contribution in [-0.2, 0) is 19.1 Å². The van der Waals surface area contributed by atoms with Gasteiger partial charge in [0.2, 0.25) is 5.91 Å². The third-order valence-corrected chi connectivity index (χ3v) is 7.76. The number of nitrogens with one attached hydrogen (secondary N) is 3. The number of carbonyl (C=O) groups is 4. The number of nitrogens with zero attached hydrogens (tertiary/aromatic N) is 2. The van der Waals surface area contributed by atoms with Gasteiger partial charge < -0.3 is 25.6 Å². The number of hydrogen-bond acceptors (Lipinski definition) is 9. The Bertz CT molecular complexity index is 938. The lowest BCUT2D eigenvalue weighted by atomic mass is 9.89. The zero-order chi connectivity index (χ0) is 25.3. The maximum atomic E-state index is 13.2. The molecular formula is C20H29N5O7S2. The van der Waals surface area contributed by atoms with E-state index in [4.69, 9.17) is 4.74 Å². The third kappa shape index (κ3) is 5.59. The summed E-state index contributed by atoms with van der Waals surface area (Å²) in [7, 11) is 0. The number of alkyl carbamates (subject to hydrolysis) is 1. The number of amides is 2. The number of ether oxygens (including phenoxy) is 1. The molecule has 188 valence electrons. The van der Waals surface area contributed by atoms with Gasteiger partial charge in [-0.1, -0.05) is 11.8 Å². The fourth-order valence-electron chi connectivity index (χ4n) is 4.54. The van der Waals surface area contributed by atoms with Crippen molar-refractivity contribution in [3.8, 4) is 0 Å². The van der Waals surface area contributed by atoms with E-state index >= 15 is 0 Å². The van der Waals surface area contributed by atoms with E-state index < -0.39 is 64.1 Å². The van der Waals surface area contributed by atoms with E-state index in [9.17, 15) is 29.4 Å². The second-order valence-electron chi connectivity index (χ2n) is 9.38. The molecule has 0 aliphatic heterocycles. The Morgan fingerprint density at radius 1 is 1.32 bits per heavy atom. The average Bonchev–Trinajstić information content (AvgIpc) is 3.12. The fraction of sp³-hybridized carbons (Fsp3) is 0.700. The molecule has 2 aliphatic rings. The van der Waals surface area contributed by atoms with E-state index in [0.717, 1.165) is 0 Å². The molecule has 0 aromatic carbocycles. The van der Waals surface area contributed by atoms with Crippen LogP contribution in [0.15, 0.2) is 11.2 Å². The van der Waals surface area contributed by atoms with Crippen molar-refractivity contribution in [3.63, 3.8) is 0 Å². The van der Waals surface area contributed by atoms with E-state index in [1.165, 1.54) is 29.7 Å². The molecule has 0 spiro atoms. The van der Waals surface area contributed by atoms with E-state index in [-0.39, 0.29) is 12.8 Å². The Morgan fingerprint density at radius 3 is 2.56 bits per heavy atom. The highest BCUT2D eigenvalue weighted by atomic mass is 32.2. The summed E-state index contributed by atoms with van der Waals surface area (Å²) in [5, 5.41) is 35.3. The number of aromatic amines is 1. The van der Waals surface area contributed by atoms with Gasteiger partial charge >= 0.3 is 18.0 Å². The van der Waals surface area contributed by atoms with Crippen LogP contribution in [0.2, 0.25) is 0 Å². The van der Waals surface area contributed by atoms with E-state index in [1.54, 1.807) is 20.8 Å². The first-order valence-corrected chi connectivity index (χ1v) is 13.0. The molecule has 2 saturated carbocycles. The molecule has 3 rings (SSSR count). The third-order valence-electron chi connectivity index (χ3n) is 5.89. The molecule has 1 aromatic heterocycles. The monoisotopic (exact) mass is 515 g/mol. The highest BCUT2D eigenvalue weighted by Crippen LogP contribution is 2.66. The summed E-state index contributed by atoms with van der Waals surface area (Å²) < 4.78 is 5.24. The van der Waals surface area contributed by atoms with Crippen molar-refractivity contribution in [1.29, 1.82) is 0 Å². The van der Waals surface area contributed by atoms with Crippen molar-refractivity contribution in [1.82, 2.24) is 26.0 Å². The van der Waals surface area contributed by atoms with Crippen LogP contribution in [0.5, 0.6) is 0 Å². The topological polar surface area (TPSA) is 184 Å². The molecule has 0 bridgehead atoms. The van der Waals surface area contributed by atoms with Crippen LogP contribution >= 0.6 is 23.5 Å². The molecule has 2 amide bonds. The van der Waals surface area contributed by atoms with E-state index in [0.29, 0.717) is 10.8 Å². The summed E-state index contributed by atoms with van der Waals surface area (Å²) in [5.74, 6) is -4.70. The van der Waals surface area contributed by atoms with Crippen LogP contribution in [-0.4, -0.2) is 84.0 Å². The average molecular weight is 516 g/mol. The van der Waals surface area contributed by atoms with Crippen molar-refractivity contribution >= 4 is 47.5 Å². The molecule has 14 heteroatoms. The molecule has 2 fully saturated rings. The standard InChI is InChI=1S/C20H29N5O7S2/c1-19(2,3)32-18(31)22-9(5-6-33-4)15(26)23-20(17(29)30)7-10(34-11-8-21-25-24-11)12-13(14(12)20)16(27)28/h8-10,12-14H,5-7H2,1-4H3,(H,22,31)(H,23,26)(H,27,28)(H,29,30)(H,21,24,25)/t9?,10-,12+,13+,14+,20+/m1/s1. The molecule has 0 radical (unpaired) electrons. The van der Waals surface area contributed by atoms with Crippen molar-refractivity contribution < 1.29 is 34.1 Å². The maximum Gasteiger partial charge on any atom is 0.408 e. The molecule has 1 heterocycles. The number of aliphatic carboxylic acids is 2. The van der Waals surface area contributed by atoms with Crippen LogP contribution in [0.4, 0.5) is 4.79 Å². The normalized spacial score (nSPS) is 28.5. The number of thioether (sulfide) groups is 2. The molecule has 1 unspecified atom stereocenters. The van der Waals surface area contributed by atoms with Gasteiger partial charge in [-0.25, -0.2) is 9.59 Å². The van der Waals surface area contributed by atoms with Gasteiger partial charge in [-0.3, -0.25) is 9.59 Å². The summed E-state index contributed by atoms with van der Waals surface area (Å²) in [4.78, 5) is 49.9. The van der Waals surface area contributed by atoms with Gasteiger partial charge in [-0.15, -0.1) is 5.10 Å². The Balaban J connectivity index is 1.82. The quantitative estimate of drug-likeness (QED) is 0.302. The fourth-order valence-corrected chi connectivity index (χ4v) is 6.37. The lowest BCUT2D eigenvalue weighted by Crippen LogP contribution is -2.61. The minimum atomic E-state index is -1.78. The van der Waals surface area contributed by atoms with Crippen LogP contribution in [0, 0.1) is 17.8 Å². The van der Waals surface area contributed by atoms with Gasteiger partial charge in [-0.2, -0.15) is 22.1 Å². The maximum absolute atomic E-state index is 13.2. The predicted octanol–water partition coefficient (Wildman–Crippen LogP) is 1.20. The van der Waals surface area contributed by atoms with Gasteiger partial charge in [-0.05, 0) is 51.5 Å². The van der Waals surface area contributed by atoms with E-state index in [1.807, 2.05) is 6.26 Å². The number of hydrogen-bond donors (Lipinski definition) is 5. The highest BCUT2D eigenvalue weighted by Gasteiger charge is 2.75. The number of carboxylic acid groups (broad SMARTS) is 2. The minimum absolute atomic E-state index is 0.0202. The summed E-state index contributed by atoms with van der Waals surface area (Å²) >= 11 is 2.70. The number of fused-ring (bicyclic) bond motifs is 1. The number of rotatable bonds is 10.